The van der Waals surface area contributed by atoms with Crippen molar-refractivity contribution in [1.29, 1.82) is 0 Å². The molecule has 0 atom stereocenters. The van der Waals surface area contributed by atoms with E-state index in [-0.39, 0.29) is 0 Å². The first kappa shape index (κ1) is 9.18. The third-order valence-electron chi connectivity index (χ3n) is 0.528. The number of amides is 1. The lowest BCUT2D eigenvalue weighted by atomic mass is 10.7. The van der Waals surface area contributed by atoms with Gasteiger partial charge in [0.2, 0.25) is 0 Å². The highest BCUT2D eigenvalue weighted by Crippen LogP contribution is 2.15. The molecule has 0 unspecified atom stereocenters. The Morgan fingerprint density at radius 3 is 2.40 bits per heavy atom. The quantitative estimate of drug-likeness (QED) is 0.324. The number of halogens is 3. The minimum atomic E-state index is -4.79. The number of alkyl halides is 3. The Morgan fingerprint density at radius 1 is 1.60 bits per heavy atom. The summed E-state index contributed by atoms with van der Waals surface area (Å²) in [6.07, 6.45) is -4.79. The topological polar surface area (TPSA) is 64.3 Å². The minimum absolute atomic E-state index is 1.03. The maximum absolute atomic E-state index is 11.1. The van der Waals surface area contributed by atoms with Gasteiger partial charge in [0.25, 0.3) is 5.91 Å². The summed E-state index contributed by atoms with van der Waals surface area (Å²) >= 11 is 0. The fraction of sp³-hybridized carbons (Fsp3) is 0.667. The molecular formula is C3H5F3N2O2. The van der Waals surface area contributed by atoms with E-state index in [1.807, 2.05) is 0 Å². The molecule has 0 saturated heterocycles. The van der Waals surface area contributed by atoms with Crippen LogP contribution in [0.25, 0.3) is 0 Å². The molecule has 0 spiro atoms. The van der Waals surface area contributed by atoms with Crippen LogP contribution in [0.3, 0.4) is 0 Å². The van der Waals surface area contributed by atoms with E-state index in [4.69, 9.17) is 0 Å². The van der Waals surface area contributed by atoms with Gasteiger partial charge >= 0.3 is 6.36 Å². The zero-order valence-corrected chi connectivity index (χ0v) is 4.73. The van der Waals surface area contributed by atoms with Crippen molar-refractivity contribution in [3.8, 4) is 0 Å². The molecule has 0 aliphatic heterocycles. The number of hydrogen-bond donors (Lipinski definition) is 2. The predicted octanol–water partition coefficient (Wildman–Crippen LogP) is -0.487. The van der Waals surface area contributed by atoms with E-state index in [9.17, 15) is 18.0 Å². The third kappa shape index (κ3) is 5.32. The van der Waals surface area contributed by atoms with Crippen LogP contribution in [-0.4, -0.2) is 18.9 Å². The summed E-state index contributed by atoms with van der Waals surface area (Å²) in [6, 6.07) is 0. The maximum Gasteiger partial charge on any atom is 0.523 e. The molecule has 10 heavy (non-hydrogen) atoms. The Morgan fingerprint density at radius 2 is 2.10 bits per heavy atom. The Kier molecular flexibility index (Phi) is 3.10. The van der Waals surface area contributed by atoms with Crippen LogP contribution < -0.4 is 11.3 Å². The van der Waals surface area contributed by atoms with Gasteiger partial charge < -0.3 is 0 Å². The van der Waals surface area contributed by atoms with Crippen LogP contribution in [0.5, 0.6) is 0 Å². The van der Waals surface area contributed by atoms with Crippen molar-refractivity contribution < 1.29 is 22.7 Å². The van der Waals surface area contributed by atoms with Crippen LogP contribution in [0, 0.1) is 0 Å². The molecule has 0 aliphatic carbocycles. The standard InChI is InChI=1S/C3H5F3N2O2/c4-3(5,6)10-1-2(9)8-7/h1,7H2,(H,8,9). The van der Waals surface area contributed by atoms with Gasteiger partial charge in [-0.05, 0) is 0 Å². The largest absolute Gasteiger partial charge is 0.523 e. The van der Waals surface area contributed by atoms with Crippen LogP contribution >= 0.6 is 0 Å². The van der Waals surface area contributed by atoms with Gasteiger partial charge in [-0.15, -0.1) is 13.2 Å². The number of rotatable bonds is 2. The maximum atomic E-state index is 11.1. The first-order valence-corrected chi connectivity index (χ1v) is 2.16. The van der Waals surface area contributed by atoms with Crippen molar-refractivity contribution >= 4 is 5.91 Å². The minimum Gasteiger partial charge on any atom is -0.292 e. The number of carbonyl (C=O) groups excluding carboxylic acids is 1. The van der Waals surface area contributed by atoms with Gasteiger partial charge in [-0.1, -0.05) is 0 Å². The van der Waals surface area contributed by atoms with E-state index in [1.54, 1.807) is 0 Å². The molecule has 0 aromatic heterocycles. The van der Waals surface area contributed by atoms with Crippen molar-refractivity contribution in [3.05, 3.63) is 0 Å². The molecule has 4 nitrogen and oxygen atoms in total. The number of nitrogens with two attached hydrogens (primary N) is 1. The first-order valence-electron chi connectivity index (χ1n) is 2.16. The first-order chi connectivity index (χ1) is 4.45. The van der Waals surface area contributed by atoms with Crippen LogP contribution in [0.15, 0.2) is 0 Å². The highest BCUT2D eigenvalue weighted by atomic mass is 19.4. The fourth-order valence-corrected chi connectivity index (χ4v) is 0.189. The number of hydrogen-bond acceptors (Lipinski definition) is 3. The lowest BCUT2D eigenvalue weighted by Crippen LogP contribution is -2.35. The number of carbonyl (C=O) groups is 1. The Bertz CT molecular complexity index is 123. The third-order valence-corrected chi connectivity index (χ3v) is 0.528. The average Bonchev–Trinajstić information content (AvgIpc) is 1.81. The molecule has 0 rings (SSSR count). The van der Waals surface area contributed by atoms with E-state index in [1.165, 1.54) is 5.43 Å². The summed E-state index contributed by atoms with van der Waals surface area (Å²) in [5.74, 6) is 3.42. The highest BCUT2D eigenvalue weighted by Gasteiger charge is 2.29. The van der Waals surface area contributed by atoms with Crippen molar-refractivity contribution in [1.82, 2.24) is 5.43 Å². The van der Waals surface area contributed by atoms with Crippen LogP contribution in [-0.2, 0) is 9.53 Å². The monoisotopic (exact) mass is 158 g/mol. The molecule has 0 aromatic rings. The SMILES string of the molecule is NNC(=O)COC(F)(F)F. The molecule has 60 valence electrons. The van der Waals surface area contributed by atoms with Crippen LogP contribution in [0.1, 0.15) is 0 Å². The van der Waals surface area contributed by atoms with Gasteiger partial charge in [0, 0.05) is 0 Å². The molecule has 0 aromatic carbocycles. The molecule has 0 heterocycles. The van der Waals surface area contributed by atoms with Gasteiger partial charge in [0.05, 0.1) is 0 Å². The number of ether oxygens (including phenoxy) is 1. The normalized spacial score (nSPS) is 11.2. The molecule has 7 heteroatoms. The predicted molar refractivity (Wildman–Crippen MR) is 24.3 cm³/mol. The van der Waals surface area contributed by atoms with Gasteiger partial charge in [-0.2, -0.15) is 0 Å². The summed E-state index contributed by atoms with van der Waals surface area (Å²) in [4.78, 5) is 10.00. The van der Waals surface area contributed by atoms with E-state index in [0.29, 0.717) is 0 Å². The zero-order valence-electron chi connectivity index (χ0n) is 4.73. The van der Waals surface area contributed by atoms with Crippen molar-refractivity contribution in [2.75, 3.05) is 6.61 Å². The molecule has 3 N–H and O–H groups in total. The van der Waals surface area contributed by atoms with E-state index in [2.05, 4.69) is 10.6 Å². The van der Waals surface area contributed by atoms with Crippen molar-refractivity contribution in [3.63, 3.8) is 0 Å². The average molecular weight is 158 g/mol. The van der Waals surface area contributed by atoms with Gasteiger partial charge in [0.15, 0.2) is 0 Å². The van der Waals surface area contributed by atoms with E-state index >= 15 is 0 Å². The lowest BCUT2D eigenvalue weighted by Gasteiger charge is -2.04. The highest BCUT2D eigenvalue weighted by molar-refractivity contribution is 5.76. The lowest BCUT2D eigenvalue weighted by molar-refractivity contribution is -0.321. The Labute approximate surface area is 54.1 Å². The second-order valence-electron chi connectivity index (χ2n) is 1.30. The molecule has 0 bridgehead atoms. The fourth-order valence-electron chi connectivity index (χ4n) is 0.189. The van der Waals surface area contributed by atoms with Gasteiger partial charge in [0.1, 0.15) is 6.61 Å². The number of nitrogens with one attached hydrogen (secondary N) is 1. The molecule has 1 amide bonds. The smallest absolute Gasteiger partial charge is 0.292 e. The Balaban J connectivity index is 3.46. The van der Waals surface area contributed by atoms with Crippen LogP contribution in [0.2, 0.25) is 0 Å². The second-order valence-corrected chi connectivity index (χ2v) is 1.30. The summed E-state index contributed by atoms with van der Waals surface area (Å²) in [7, 11) is 0. The Hall–Kier alpha value is -0.820. The molecule has 0 aliphatic rings. The van der Waals surface area contributed by atoms with E-state index in [0.717, 1.165) is 0 Å². The summed E-state index contributed by atoms with van der Waals surface area (Å²) < 4.78 is 36.4. The molecule has 0 radical (unpaired) electrons. The molecular weight excluding hydrogens is 153 g/mol. The second kappa shape index (κ2) is 3.37. The van der Waals surface area contributed by atoms with E-state index < -0.39 is 18.9 Å². The van der Waals surface area contributed by atoms with Gasteiger partial charge in [-0.25, -0.2) is 5.84 Å². The van der Waals surface area contributed by atoms with Crippen LogP contribution in [0.4, 0.5) is 13.2 Å². The zero-order chi connectivity index (χ0) is 8.20. The summed E-state index contributed by atoms with van der Waals surface area (Å²) in [5.41, 5.74) is 1.47. The summed E-state index contributed by atoms with van der Waals surface area (Å²) in [5, 5.41) is 0. The van der Waals surface area contributed by atoms with Crippen molar-refractivity contribution in [2.45, 2.75) is 6.36 Å². The van der Waals surface area contributed by atoms with Gasteiger partial charge in [-0.3, -0.25) is 15.0 Å². The molecule has 0 saturated carbocycles. The number of hydrazine groups is 1. The molecule has 0 fully saturated rings. The van der Waals surface area contributed by atoms with Crippen molar-refractivity contribution in [2.24, 2.45) is 5.84 Å². The summed E-state index contributed by atoms with van der Waals surface area (Å²) in [6.45, 7) is -1.11.